The molecule has 0 aliphatic carbocycles. The summed E-state index contributed by atoms with van der Waals surface area (Å²) in [6, 6.07) is 2.19. The van der Waals surface area contributed by atoms with Gasteiger partial charge in [-0.25, -0.2) is 4.39 Å². The number of amides is 1. The molecule has 1 fully saturated rings. The van der Waals surface area contributed by atoms with E-state index in [0.29, 0.717) is 23.6 Å². The average molecular weight is 323 g/mol. The standard InChI is InChI=1S/C13H13F4NO2S/c14-10-2-1-8(7-9(10)13(15,16)17)18-11(19)12(20)3-5-21-6-4-12/h1-2,7,20H,3-6H2,(H,18,19). The van der Waals surface area contributed by atoms with E-state index in [9.17, 15) is 27.5 Å². The normalized spacial score (nSPS) is 18.3. The van der Waals surface area contributed by atoms with Crippen LogP contribution in [0.2, 0.25) is 0 Å². The van der Waals surface area contributed by atoms with Gasteiger partial charge in [-0.3, -0.25) is 4.79 Å². The maximum Gasteiger partial charge on any atom is 0.419 e. The topological polar surface area (TPSA) is 49.3 Å². The van der Waals surface area contributed by atoms with Gasteiger partial charge >= 0.3 is 6.18 Å². The molecule has 0 bridgehead atoms. The molecule has 0 aromatic heterocycles. The van der Waals surface area contributed by atoms with Gasteiger partial charge in [-0.15, -0.1) is 0 Å². The summed E-state index contributed by atoms with van der Waals surface area (Å²) in [4.78, 5) is 12.0. The first kappa shape index (κ1) is 16.1. The first-order valence-corrected chi connectivity index (χ1v) is 7.36. The first-order valence-electron chi connectivity index (χ1n) is 6.21. The van der Waals surface area contributed by atoms with Crippen molar-refractivity contribution < 1.29 is 27.5 Å². The molecular weight excluding hydrogens is 310 g/mol. The fraction of sp³-hybridized carbons (Fsp3) is 0.462. The van der Waals surface area contributed by atoms with Gasteiger partial charge in [-0.1, -0.05) is 0 Å². The first-order chi connectivity index (χ1) is 9.72. The average Bonchev–Trinajstić information content (AvgIpc) is 2.40. The van der Waals surface area contributed by atoms with Gasteiger partial charge in [0.2, 0.25) is 0 Å². The van der Waals surface area contributed by atoms with Gasteiger partial charge in [0, 0.05) is 5.69 Å². The zero-order chi connectivity index (χ0) is 15.7. The van der Waals surface area contributed by atoms with Gasteiger partial charge in [0.25, 0.3) is 5.91 Å². The predicted octanol–water partition coefficient (Wildman–Crippen LogP) is 3.04. The summed E-state index contributed by atoms with van der Waals surface area (Å²) in [6.07, 6.45) is -4.38. The molecule has 21 heavy (non-hydrogen) atoms. The van der Waals surface area contributed by atoms with E-state index >= 15 is 0 Å². The molecule has 3 nitrogen and oxygen atoms in total. The number of hydrogen-bond donors (Lipinski definition) is 2. The van der Waals surface area contributed by atoms with Crippen molar-refractivity contribution in [3.05, 3.63) is 29.6 Å². The van der Waals surface area contributed by atoms with Crippen LogP contribution in [0.3, 0.4) is 0 Å². The molecule has 0 atom stereocenters. The minimum Gasteiger partial charge on any atom is -0.380 e. The lowest BCUT2D eigenvalue weighted by molar-refractivity contribution is -0.140. The zero-order valence-corrected chi connectivity index (χ0v) is 11.7. The molecule has 0 radical (unpaired) electrons. The van der Waals surface area contributed by atoms with Crippen LogP contribution in [0.25, 0.3) is 0 Å². The van der Waals surface area contributed by atoms with E-state index in [1.807, 2.05) is 0 Å². The molecule has 2 N–H and O–H groups in total. The predicted molar refractivity (Wildman–Crippen MR) is 71.5 cm³/mol. The van der Waals surface area contributed by atoms with Gasteiger partial charge in [-0.2, -0.15) is 24.9 Å². The number of anilines is 1. The van der Waals surface area contributed by atoms with Crippen LogP contribution in [-0.2, 0) is 11.0 Å². The molecular formula is C13H13F4NO2S. The number of carbonyl (C=O) groups excluding carboxylic acids is 1. The highest BCUT2D eigenvalue weighted by molar-refractivity contribution is 7.99. The monoisotopic (exact) mass is 323 g/mol. The molecule has 1 aliphatic rings. The Hall–Kier alpha value is -1.28. The molecule has 1 heterocycles. The minimum absolute atomic E-state index is 0.194. The number of alkyl halides is 3. The quantitative estimate of drug-likeness (QED) is 0.823. The summed E-state index contributed by atoms with van der Waals surface area (Å²) in [6.45, 7) is 0. The summed E-state index contributed by atoms with van der Waals surface area (Å²) in [5.41, 5.74) is -3.23. The van der Waals surface area contributed by atoms with Crippen LogP contribution in [0.15, 0.2) is 18.2 Å². The maximum atomic E-state index is 13.1. The van der Waals surface area contributed by atoms with Crippen molar-refractivity contribution in [3.63, 3.8) is 0 Å². The number of hydrogen-bond acceptors (Lipinski definition) is 3. The van der Waals surface area contributed by atoms with Gasteiger partial charge < -0.3 is 10.4 Å². The van der Waals surface area contributed by atoms with Crippen molar-refractivity contribution >= 4 is 23.4 Å². The third kappa shape index (κ3) is 3.68. The van der Waals surface area contributed by atoms with Crippen molar-refractivity contribution in [3.8, 4) is 0 Å². The van der Waals surface area contributed by atoms with Gasteiger partial charge in [-0.05, 0) is 42.5 Å². The summed E-state index contributed by atoms with van der Waals surface area (Å²) in [5, 5.41) is 12.4. The molecule has 1 amide bonds. The van der Waals surface area contributed by atoms with E-state index < -0.39 is 29.1 Å². The summed E-state index contributed by atoms with van der Waals surface area (Å²) in [5.74, 6) is -0.974. The molecule has 0 spiro atoms. The van der Waals surface area contributed by atoms with Crippen LogP contribution in [0.4, 0.5) is 23.2 Å². The SMILES string of the molecule is O=C(Nc1ccc(F)c(C(F)(F)F)c1)C1(O)CCSCC1. The molecule has 8 heteroatoms. The highest BCUT2D eigenvalue weighted by Crippen LogP contribution is 2.34. The highest BCUT2D eigenvalue weighted by atomic mass is 32.2. The summed E-state index contributed by atoms with van der Waals surface area (Å²) >= 11 is 1.59. The molecule has 116 valence electrons. The van der Waals surface area contributed by atoms with Crippen LogP contribution in [-0.4, -0.2) is 28.1 Å². The lowest BCUT2D eigenvalue weighted by Gasteiger charge is -2.30. The Labute approximate surface area is 122 Å². The van der Waals surface area contributed by atoms with Crippen molar-refractivity contribution in [1.29, 1.82) is 0 Å². The van der Waals surface area contributed by atoms with Crippen molar-refractivity contribution in [2.45, 2.75) is 24.6 Å². The van der Waals surface area contributed by atoms with E-state index in [1.54, 1.807) is 11.8 Å². The van der Waals surface area contributed by atoms with Crippen molar-refractivity contribution in [2.75, 3.05) is 16.8 Å². The van der Waals surface area contributed by atoms with Crippen LogP contribution in [0, 0.1) is 5.82 Å². The van der Waals surface area contributed by atoms with Crippen molar-refractivity contribution in [1.82, 2.24) is 0 Å². The summed E-state index contributed by atoms with van der Waals surface area (Å²) in [7, 11) is 0. The van der Waals surface area contributed by atoms with E-state index in [0.717, 1.165) is 6.07 Å². The highest BCUT2D eigenvalue weighted by Gasteiger charge is 2.38. The van der Waals surface area contributed by atoms with Crippen molar-refractivity contribution in [2.24, 2.45) is 0 Å². The number of benzene rings is 1. The molecule has 1 aromatic rings. The largest absolute Gasteiger partial charge is 0.419 e. The second kappa shape index (κ2) is 5.84. The Bertz CT molecular complexity index is 541. The molecule has 2 rings (SSSR count). The Kier molecular flexibility index (Phi) is 4.48. The van der Waals surface area contributed by atoms with E-state index in [-0.39, 0.29) is 18.5 Å². The Morgan fingerprint density at radius 3 is 2.48 bits per heavy atom. The number of aliphatic hydroxyl groups is 1. The van der Waals surface area contributed by atoms with E-state index in [2.05, 4.69) is 5.32 Å². The number of carbonyl (C=O) groups is 1. The number of rotatable bonds is 2. The molecule has 1 aliphatic heterocycles. The molecule has 0 unspecified atom stereocenters. The van der Waals surface area contributed by atoms with Crippen LogP contribution in [0.1, 0.15) is 18.4 Å². The van der Waals surface area contributed by atoms with Crippen LogP contribution in [0.5, 0.6) is 0 Å². The molecule has 1 aromatic carbocycles. The number of halogens is 4. The van der Waals surface area contributed by atoms with Crippen LogP contribution >= 0.6 is 11.8 Å². The van der Waals surface area contributed by atoms with Crippen LogP contribution < -0.4 is 5.32 Å². The van der Waals surface area contributed by atoms with E-state index in [4.69, 9.17) is 0 Å². The molecule has 0 saturated carbocycles. The fourth-order valence-corrected chi connectivity index (χ4v) is 3.17. The Balaban J connectivity index is 2.18. The zero-order valence-electron chi connectivity index (χ0n) is 10.8. The molecule has 1 saturated heterocycles. The second-order valence-electron chi connectivity index (χ2n) is 4.79. The maximum absolute atomic E-state index is 13.1. The Morgan fingerprint density at radius 2 is 1.90 bits per heavy atom. The van der Waals surface area contributed by atoms with Gasteiger partial charge in [0.1, 0.15) is 11.4 Å². The lowest BCUT2D eigenvalue weighted by atomic mass is 9.95. The van der Waals surface area contributed by atoms with Gasteiger partial charge in [0.15, 0.2) is 0 Å². The third-order valence-corrected chi connectivity index (χ3v) is 4.26. The lowest BCUT2D eigenvalue weighted by Crippen LogP contribution is -2.45. The number of nitrogens with one attached hydrogen (secondary N) is 1. The second-order valence-corrected chi connectivity index (χ2v) is 6.02. The third-order valence-electron chi connectivity index (χ3n) is 3.27. The fourth-order valence-electron chi connectivity index (χ4n) is 2.00. The summed E-state index contributed by atoms with van der Waals surface area (Å²) < 4.78 is 50.9. The number of thioether (sulfide) groups is 1. The minimum atomic E-state index is -4.84. The van der Waals surface area contributed by atoms with E-state index in [1.165, 1.54) is 0 Å². The van der Waals surface area contributed by atoms with Gasteiger partial charge in [0.05, 0.1) is 5.56 Å². The smallest absolute Gasteiger partial charge is 0.380 e. The Morgan fingerprint density at radius 1 is 1.29 bits per heavy atom.